The Morgan fingerprint density at radius 3 is 2.21 bits per heavy atom. The molecule has 0 fully saturated rings. The van der Waals surface area contributed by atoms with Crippen molar-refractivity contribution in [3.05, 3.63) is 57.9 Å². The number of nitrogens with one attached hydrogen (secondary N) is 1. The second kappa shape index (κ2) is 8.47. The van der Waals surface area contributed by atoms with Gasteiger partial charge in [-0.2, -0.15) is 13.2 Å². The minimum atomic E-state index is -4.70. The molecule has 9 heteroatoms. The van der Waals surface area contributed by atoms with Gasteiger partial charge in [-0.15, -0.1) is 0 Å². The number of aliphatic hydroxyl groups is 1. The van der Waals surface area contributed by atoms with Crippen LogP contribution in [0.2, 0.25) is 0 Å². The zero-order valence-electron chi connectivity index (χ0n) is 15.5. The Labute approximate surface area is 159 Å². The van der Waals surface area contributed by atoms with Crippen molar-refractivity contribution in [1.82, 2.24) is 5.32 Å². The zero-order chi connectivity index (χ0) is 21.1. The van der Waals surface area contributed by atoms with Gasteiger partial charge >= 0.3 is 18.1 Å². The number of ether oxygens (including phenoxy) is 2. The van der Waals surface area contributed by atoms with E-state index in [2.05, 4.69) is 5.32 Å². The molecule has 0 bridgehead atoms. The SMILES string of the molecule is COC(=O)C1=C(C)NC(C)=C(C(=O)OCCO)C1c1ccccc1C(F)(F)F. The van der Waals surface area contributed by atoms with E-state index < -0.39 is 36.2 Å². The van der Waals surface area contributed by atoms with Crippen LogP contribution in [0.25, 0.3) is 0 Å². The summed E-state index contributed by atoms with van der Waals surface area (Å²) >= 11 is 0. The first-order valence-electron chi connectivity index (χ1n) is 8.34. The predicted molar refractivity (Wildman–Crippen MR) is 92.8 cm³/mol. The lowest BCUT2D eigenvalue weighted by Crippen LogP contribution is -2.33. The molecule has 1 atom stereocenters. The van der Waals surface area contributed by atoms with Crippen LogP contribution in [-0.4, -0.2) is 37.4 Å². The molecule has 0 aromatic heterocycles. The third-order valence-corrected chi connectivity index (χ3v) is 4.29. The fourth-order valence-electron chi connectivity index (χ4n) is 3.18. The summed E-state index contributed by atoms with van der Waals surface area (Å²) in [6, 6.07) is 4.71. The number of allylic oxidation sites excluding steroid dienone is 2. The van der Waals surface area contributed by atoms with Gasteiger partial charge in [-0.25, -0.2) is 9.59 Å². The molecule has 1 aromatic carbocycles. The van der Waals surface area contributed by atoms with Crippen LogP contribution >= 0.6 is 0 Å². The molecule has 1 aliphatic heterocycles. The Balaban J connectivity index is 2.75. The molecular formula is C19H20F3NO5. The Morgan fingerprint density at radius 2 is 1.68 bits per heavy atom. The van der Waals surface area contributed by atoms with Gasteiger partial charge in [0.25, 0.3) is 0 Å². The van der Waals surface area contributed by atoms with Gasteiger partial charge in [-0.05, 0) is 25.5 Å². The van der Waals surface area contributed by atoms with Crippen molar-refractivity contribution in [2.75, 3.05) is 20.3 Å². The summed E-state index contributed by atoms with van der Waals surface area (Å²) in [6.07, 6.45) is -4.70. The van der Waals surface area contributed by atoms with Crippen molar-refractivity contribution in [3.63, 3.8) is 0 Å². The molecular weight excluding hydrogens is 379 g/mol. The average molecular weight is 399 g/mol. The smallest absolute Gasteiger partial charge is 0.416 e. The number of benzene rings is 1. The van der Waals surface area contributed by atoms with Crippen LogP contribution in [0.4, 0.5) is 13.2 Å². The molecule has 1 unspecified atom stereocenters. The molecule has 1 aromatic rings. The van der Waals surface area contributed by atoms with Gasteiger partial charge < -0.3 is 19.9 Å². The van der Waals surface area contributed by atoms with E-state index in [1.807, 2.05) is 0 Å². The maximum Gasteiger partial charge on any atom is 0.416 e. The second-order valence-electron chi connectivity index (χ2n) is 6.07. The molecule has 0 aliphatic carbocycles. The number of hydrogen-bond acceptors (Lipinski definition) is 6. The first-order valence-corrected chi connectivity index (χ1v) is 8.34. The third-order valence-electron chi connectivity index (χ3n) is 4.29. The van der Waals surface area contributed by atoms with Gasteiger partial charge in [0.2, 0.25) is 0 Å². The Bertz CT molecular complexity index is 842. The van der Waals surface area contributed by atoms with Crippen LogP contribution < -0.4 is 5.32 Å². The van der Waals surface area contributed by atoms with Crippen LogP contribution in [0.1, 0.15) is 30.9 Å². The molecule has 0 spiro atoms. The maximum atomic E-state index is 13.6. The van der Waals surface area contributed by atoms with E-state index in [-0.39, 0.29) is 34.7 Å². The van der Waals surface area contributed by atoms with Crippen LogP contribution in [0, 0.1) is 0 Å². The molecule has 1 aliphatic rings. The Morgan fingerprint density at radius 1 is 1.11 bits per heavy atom. The predicted octanol–water partition coefficient (Wildman–Crippen LogP) is 2.65. The quantitative estimate of drug-likeness (QED) is 0.741. The Kier molecular flexibility index (Phi) is 6.50. The maximum absolute atomic E-state index is 13.6. The highest BCUT2D eigenvalue weighted by atomic mass is 19.4. The van der Waals surface area contributed by atoms with E-state index in [0.717, 1.165) is 13.2 Å². The number of esters is 2. The third kappa shape index (κ3) is 4.19. The van der Waals surface area contributed by atoms with Gasteiger partial charge in [-0.3, -0.25) is 0 Å². The van der Waals surface area contributed by atoms with Crippen LogP contribution in [0.15, 0.2) is 46.8 Å². The number of dihydropyridines is 1. The molecule has 0 radical (unpaired) electrons. The van der Waals surface area contributed by atoms with Gasteiger partial charge in [0.15, 0.2) is 0 Å². The molecule has 2 rings (SSSR count). The summed E-state index contributed by atoms with van der Waals surface area (Å²) < 4.78 is 50.6. The average Bonchev–Trinajstić information content (AvgIpc) is 2.64. The van der Waals surface area contributed by atoms with Gasteiger partial charge in [0.05, 0.1) is 36.3 Å². The zero-order valence-corrected chi connectivity index (χ0v) is 15.5. The van der Waals surface area contributed by atoms with Crippen LogP contribution in [0.3, 0.4) is 0 Å². The highest BCUT2D eigenvalue weighted by molar-refractivity contribution is 6.00. The van der Waals surface area contributed by atoms with Gasteiger partial charge in [0, 0.05) is 11.4 Å². The Hall–Kier alpha value is -2.81. The fraction of sp³-hybridized carbons (Fsp3) is 0.368. The number of carbonyl (C=O) groups is 2. The van der Waals surface area contributed by atoms with Crippen molar-refractivity contribution in [3.8, 4) is 0 Å². The summed E-state index contributed by atoms with van der Waals surface area (Å²) in [4.78, 5) is 25.0. The van der Waals surface area contributed by atoms with E-state index in [4.69, 9.17) is 14.6 Å². The topological polar surface area (TPSA) is 84.9 Å². The van der Waals surface area contributed by atoms with E-state index in [9.17, 15) is 22.8 Å². The lowest BCUT2D eigenvalue weighted by atomic mass is 9.78. The molecule has 28 heavy (non-hydrogen) atoms. The number of carbonyl (C=O) groups excluding carboxylic acids is 2. The van der Waals surface area contributed by atoms with Crippen molar-refractivity contribution < 1.29 is 37.3 Å². The number of rotatable bonds is 5. The van der Waals surface area contributed by atoms with Crippen LogP contribution in [0.5, 0.6) is 0 Å². The van der Waals surface area contributed by atoms with E-state index >= 15 is 0 Å². The second-order valence-corrected chi connectivity index (χ2v) is 6.07. The molecule has 2 N–H and O–H groups in total. The summed E-state index contributed by atoms with van der Waals surface area (Å²) in [7, 11) is 1.10. The van der Waals surface area contributed by atoms with Crippen molar-refractivity contribution in [2.45, 2.75) is 25.9 Å². The highest BCUT2D eigenvalue weighted by Crippen LogP contribution is 2.44. The fourth-order valence-corrected chi connectivity index (χ4v) is 3.18. The molecule has 0 saturated carbocycles. The number of halogens is 3. The number of alkyl halides is 3. The van der Waals surface area contributed by atoms with E-state index in [1.54, 1.807) is 0 Å². The summed E-state index contributed by atoms with van der Waals surface area (Å²) in [5, 5.41) is 11.7. The lowest BCUT2D eigenvalue weighted by Gasteiger charge is -2.31. The van der Waals surface area contributed by atoms with Crippen molar-refractivity contribution >= 4 is 11.9 Å². The first kappa shape index (κ1) is 21.5. The lowest BCUT2D eigenvalue weighted by molar-refractivity contribution is -0.142. The monoisotopic (exact) mass is 399 g/mol. The molecule has 0 saturated heterocycles. The normalized spacial score (nSPS) is 17.3. The largest absolute Gasteiger partial charge is 0.466 e. The summed E-state index contributed by atoms with van der Waals surface area (Å²) in [5.41, 5.74) is -1.01. The van der Waals surface area contributed by atoms with E-state index in [1.165, 1.54) is 32.0 Å². The minimum absolute atomic E-state index is 0.124. The van der Waals surface area contributed by atoms with Crippen molar-refractivity contribution in [2.24, 2.45) is 0 Å². The van der Waals surface area contributed by atoms with Gasteiger partial charge in [0.1, 0.15) is 6.61 Å². The minimum Gasteiger partial charge on any atom is -0.466 e. The van der Waals surface area contributed by atoms with Crippen molar-refractivity contribution in [1.29, 1.82) is 0 Å². The van der Waals surface area contributed by atoms with Gasteiger partial charge in [-0.1, -0.05) is 18.2 Å². The number of hydrogen-bond donors (Lipinski definition) is 2. The molecule has 1 heterocycles. The molecule has 6 nitrogen and oxygen atoms in total. The van der Waals surface area contributed by atoms with E-state index in [0.29, 0.717) is 0 Å². The molecule has 152 valence electrons. The summed E-state index contributed by atoms with van der Waals surface area (Å²) in [5.74, 6) is -3.15. The van der Waals surface area contributed by atoms with Crippen LogP contribution in [-0.2, 0) is 25.2 Å². The number of methoxy groups -OCH3 is 1. The highest BCUT2D eigenvalue weighted by Gasteiger charge is 2.43. The number of aliphatic hydroxyl groups excluding tert-OH is 1. The standard InChI is InChI=1S/C19H20F3NO5/c1-10-14(17(25)27-3)16(12-6-4-5-7-13(12)19(20,21)22)15(11(2)23-10)18(26)28-9-8-24/h4-7,16,23-24H,8-9H2,1-3H3. The summed E-state index contributed by atoms with van der Waals surface area (Å²) in [6.45, 7) is 2.22. The molecule has 0 amide bonds. The first-order chi connectivity index (χ1) is 13.1.